The van der Waals surface area contributed by atoms with Crippen LogP contribution in [0.5, 0.6) is 0 Å². The van der Waals surface area contributed by atoms with Gasteiger partial charge >= 0.3 is 0 Å². The van der Waals surface area contributed by atoms with Gasteiger partial charge in [-0.05, 0) is 67.1 Å². The molecule has 0 aliphatic carbocycles. The second kappa shape index (κ2) is 8.66. The Morgan fingerprint density at radius 1 is 1.06 bits per heavy atom. The van der Waals surface area contributed by atoms with Crippen molar-refractivity contribution in [3.05, 3.63) is 94.6 Å². The molecule has 0 saturated carbocycles. The molecule has 3 N–H and O–H groups in total. The number of amides is 1. The second-order valence-electron chi connectivity index (χ2n) is 7.53. The van der Waals surface area contributed by atoms with E-state index in [4.69, 9.17) is 17.3 Å². The maximum Gasteiger partial charge on any atom is 0.256 e. The zero-order valence-electron chi connectivity index (χ0n) is 17.4. The monoisotopic (exact) mass is 430 g/mol. The molecule has 0 atom stereocenters. The van der Waals surface area contributed by atoms with E-state index in [0.29, 0.717) is 28.5 Å². The molecule has 6 heteroatoms. The van der Waals surface area contributed by atoms with Gasteiger partial charge in [-0.3, -0.25) is 9.78 Å². The molecule has 0 aliphatic heterocycles. The van der Waals surface area contributed by atoms with E-state index >= 15 is 0 Å². The van der Waals surface area contributed by atoms with Crippen LogP contribution in [0, 0.1) is 6.92 Å². The van der Waals surface area contributed by atoms with Crippen LogP contribution in [0.1, 0.15) is 21.6 Å². The van der Waals surface area contributed by atoms with Gasteiger partial charge in [-0.15, -0.1) is 0 Å². The van der Waals surface area contributed by atoms with Crippen molar-refractivity contribution in [1.29, 1.82) is 0 Å². The first-order chi connectivity index (χ1) is 14.9. The van der Waals surface area contributed by atoms with Crippen LogP contribution in [0.3, 0.4) is 0 Å². The molecular weight excluding hydrogens is 408 g/mol. The highest BCUT2D eigenvalue weighted by atomic mass is 35.5. The van der Waals surface area contributed by atoms with Gasteiger partial charge in [0.1, 0.15) is 0 Å². The lowest BCUT2D eigenvalue weighted by molar-refractivity contribution is 0.102. The number of anilines is 3. The lowest BCUT2D eigenvalue weighted by Gasteiger charge is -2.21. The van der Waals surface area contributed by atoms with E-state index in [1.807, 2.05) is 86.8 Å². The third-order valence-corrected chi connectivity index (χ3v) is 5.42. The molecule has 4 aromatic rings. The molecule has 0 aliphatic rings. The highest BCUT2D eigenvalue weighted by Gasteiger charge is 2.14. The van der Waals surface area contributed by atoms with E-state index in [1.54, 1.807) is 0 Å². The van der Waals surface area contributed by atoms with Crippen LogP contribution in [0.4, 0.5) is 17.1 Å². The molecule has 0 bridgehead atoms. The smallest absolute Gasteiger partial charge is 0.256 e. The molecule has 31 heavy (non-hydrogen) atoms. The van der Waals surface area contributed by atoms with Gasteiger partial charge in [0.05, 0.1) is 5.52 Å². The molecule has 4 rings (SSSR count). The van der Waals surface area contributed by atoms with Gasteiger partial charge in [0, 0.05) is 52.3 Å². The lowest BCUT2D eigenvalue weighted by Crippen LogP contribution is -2.20. The number of nitrogen functional groups attached to an aromatic ring is 1. The maximum atomic E-state index is 13.1. The Kier molecular flexibility index (Phi) is 5.78. The number of aryl methyl sites for hydroxylation is 1. The normalized spacial score (nSPS) is 10.8. The van der Waals surface area contributed by atoms with E-state index < -0.39 is 0 Å². The minimum Gasteiger partial charge on any atom is -0.398 e. The van der Waals surface area contributed by atoms with Gasteiger partial charge in [0.2, 0.25) is 0 Å². The fraction of sp³-hybridized carbons (Fsp3) is 0.120. The van der Waals surface area contributed by atoms with E-state index in [9.17, 15) is 4.79 Å². The molecule has 5 nitrogen and oxygen atoms in total. The zero-order valence-corrected chi connectivity index (χ0v) is 18.1. The van der Waals surface area contributed by atoms with Crippen LogP contribution in [0.15, 0.2) is 72.8 Å². The summed E-state index contributed by atoms with van der Waals surface area (Å²) in [4.78, 5) is 19.6. The van der Waals surface area contributed by atoms with Crippen molar-refractivity contribution in [2.24, 2.45) is 0 Å². The predicted molar refractivity (Wildman–Crippen MR) is 129 cm³/mol. The number of nitrogens with zero attached hydrogens (tertiary/aromatic N) is 2. The first kappa shape index (κ1) is 20.7. The number of carbonyl (C=O) groups excluding carboxylic acids is 1. The highest BCUT2D eigenvalue weighted by molar-refractivity contribution is 6.30. The van der Waals surface area contributed by atoms with Crippen LogP contribution < -0.4 is 16.0 Å². The van der Waals surface area contributed by atoms with Crippen LogP contribution >= 0.6 is 11.6 Å². The second-order valence-corrected chi connectivity index (χ2v) is 7.96. The Morgan fingerprint density at radius 3 is 2.58 bits per heavy atom. The largest absolute Gasteiger partial charge is 0.398 e. The molecule has 0 radical (unpaired) electrons. The summed E-state index contributed by atoms with van der Waals surface area (Å²) in [5.41, 5.74) is 11.7. The van der Waals surface area contributed by atoms with Crippen molar-refractivity contribution in [1.82, 2.24) is 4.98 Å². The van der Waals surface area contributed by atoms with Crippen LogP contribution in [-0.2, 0) is 6.54 Å². The molecular formula is C25H23ClN4O. The zero-order chi connectivity index (χ0) is 22.0. The van der Waals surface area contributed by atoms with Gasteiger partial charge in [-0.25, -0.2) is 0 Å². The third kappa shape index (κ3) is 4.62. The number of benzene rings is 3. The van der Waals surface area contributed by atoms with Crippen LogP contribution in [0.25, 0.3) is 10.9 Å². The van der Waals surface area contributed by atoms with Gasteiger partial charge < -0.3 is 16.0 Å². The molecule has 156 valence electrons. The Bertz CT molecular complexity index is 1250. The molecule has 1 amide bonds. The number of carbonyl (C=O) groups is 1. The third-order valence-electron chi connectivity index (χ3n) is 5.16. The fourth-order valence-corrected chi connectivity index (χ4v) is 3.71. The number of nitrogens with two attached hydrogens (primary N) is 1. The van der Waals surface area contributed by atoms with Gasteiger partial charge in [-0.2, -0.15) is 0 Å². The predicted octanol–water partition coefficient (Wildman–Crippen LogP) is 5.67. The molecule has 1 heterocycles. The number of halogens is 1. The maximum absolute atomic E-state index is 13.1. The summed E-state index contributed by atoms with van der Waals surface area (Å²) in [5, 5.41) is 4.51. The SMILES string of the molecule is Cc1cc(N)c2cc(NC(=O)c3ccccc3CN(C)c3ccc(Cl)cc3)ccc2n1. The Morgan fingerprint density at radius 2 is 1.81 bits per heavy atom. The van der Waals surface area contributed by atoms with Crippen molar-refractivity contribution in [3.8, 4) is 0 Å². The Labute approximate surface area is 186 Å². The lowest BCUT2D eigenvalue weighted by atomic mass is 10.1. The standard InChI is InChI=1S/C25H23ClN4O/c1-16-13-23(27)22-14-19(9-12-24(22)28-16)29-25(31)21-6-4-3-5-17(21)15-30(2)20-10-7-18(26)8-11-20/h3-14H,15H2,1-2H3,(H2,27,28)(H,29,31). The summed E-state index contributed by atoms with van der Waals surface area (Å²) < 4.78 is 0. The molecule has 1 aromatic heterocycles. The average Bonchev–Trinajstić information content (AvgIpc) is 2.75. The summed E-state index contributed by atoms with van der Waals surface area (Å²) in [6.45, 7) is 2.49. The van der Waals surface area contributed by atoms with Crippen LogP contribution in [-0.4, -0.2) is 17.9 Å². The molecule has 0 spiro atoms. The quantitative estimate of drug-likeness (QED) is 0.428. The number of nitrogens with one attached hydrogen (secondary N) is 1. The number of pyridine rings is 1. The van der Waals surface area contributed by atoms with Crippen molar-refractivity contribution >= 4 is 45.5 Å². The van der Waals surface area contributed by atoms with Gasteiger partial charge in [0.25, 0.3) is 5.91 Å². The van der Waals surface area contributed by atoms with Crippen LogP contribution in [0.2, 0.25) is 5.02 Å². The Balaban J connectivity index is 1.57. The van der Waals surface area contributed by atoms with E-state index in [-0.39, 0.29) is 5.91 Å². The van der Waals surface area contributed by atoms with Crippen molar-refractivity contribution < 1.29 is 4.79 Å². The average molecular weight is 431 g/mol. The number of rotatable bonds is 5. The number of aromatic nitrogens is 1. The topological polar surface area (TPSA) is 71.2 Å². The van der Waals surface area contributed by atoms with Gasteiger partial charge in [-0.1, -0.05) is 29.8 Å². The summed E-state index contributed by atoms with van der Waals surface area (Å²) in [6, 6.07) is 22.6. The number of hydrogen-bond acceptors (Lipinski definition) is 4. The minimum atomic E-state index is -0.168. The first-order valence-electron chi connectivity index (χ1n) is 9.93. The number of hydrogen-bond donors (Lipinski definition) is 2. The summed E-state index contributed by atoms with van der Waals surface area (Å²) in [6.07, 6.45) is 0. The number of fused-ring (bicyclic) bond motifs is 1. The summed E-state index contributed by atoms with van der Waals surface area (Å²) in [7, 11) is 1.99. The molecule has 0 fully saturated rings. The first-order valence-corrected chi connectivity index (χ1v) is 10.3. The Hall–Kier alpha value is -3.57. The molecule has 0 unspecified atom stereocenters. The summed E-state index contributed by atoms with van der Waals surface area (Å²) >= 11 is 5.99. The van der Waals surface area contributed by atoms with Crippen molar-refractivity contribution in [2.75, 3.05) is 23.0 Å². The van der Waals surface area contributed by atoms with E-state index in [0.717, 1.165) is 27.8 Å². The minimum absolute atomic E-state index is 0.168. The van der Waals surface area contributed by atoms with E-state index in [1.165, 1.54) is 0 Å². The summed E-state index contributed by atoms with van der Waals surface area (Å²) in [5.74, 6) is -0.168. The van der Waals surface area contributed by atoms with Crippen molar-refractivity contribution in [3.63, 3.8) is 0 Å². The molecule has 3 aromatic carbocycles. The highest BCUT2D eigenvalue weighted by Crippen LogP contribution is 2.25. The van der Waals surface area contributed by atoms with E-state index in [2.05, 4.69) is 15.2 Å². The van der Waals surface area contributed by atoms with Gasteiger partial charge in [0.15, 0.2) is 0 Å². The fourth-order valence-electron chi connectivity index (χ4n) is 3.59. The molecule has 0 saturated heterocycles. The van der Waals surface area contributed by atoms with Crippen molar-refractivity contribution in [2.45, 2.75) is 13.5 Å².